The summed E-state index contributed by atoms with van der Waals surface area (Å²) in [6, 6.07) is 6.11. The van der Waals surface area contributed by atoms with E-state index in [1.807, 2.05) is 6.92 Å². The summed E-state index contributed by atoms with van der Waals surface area (Å²) in [7, 11) is 0. The Bertz CT molecular complexity index is 577. The standard InChI is InChI=1S/C12H13F3N4O/c1-2-20-9-5-3-8(4-6-9)19-11(12(13,14)15)10(7-16)17-18-19/h3-6H,2,7,16H2,1H3. The van der Waals surface area contributed by atoms with Crippen LogP contribution < -0.4 is 10.5 Å². The van der Waals surface area contributed by atoms with Gasteiger partial charge >= 0.3 is 6.18 Å². The van der Waals surface area contributed by atoms with Gasteiger partial charge < -0.3 is 10.5 Å². The molecule has 5 nitrogen and oxygen atoms in total. The lowest BCUT2D eigenvalue weighted by atomic mass is 10.2. The zero-order valence-electron chi connectivity index (χ0n) is 10.7. The second kappa shape index (κ2) is 5.49. The molecule has 0 saturated carbocycles. The first kappa shape index (κ1) is 14.3. The summed E-state index contributed by atoms with van der Waals surface area (Å²) >= 11 is 0. The smallest absolute Gasteiger partial charge is 0.435 e. The monoisotopic (exact) mass is 286 g/mol. The molecule has 2 rings (SSSR count). The van der Waals surface area contributed by atoms with E-state index in [1.54, 1.807) is 12.1 Å². The maximum atomic E-state index is 13.0. The molecule has 1 aromatic carbocycles. The minimum Gasteiger partial charge on any atom is -0.494 e. The van der Waals surface area contributed by atoms with E-state index < -0.39 is 11.9 Å². The van der Waals surface area contributed by atoms with Gasteiger partial charge in [0.15, 0.2) is 5.69 Å². The fraction of sp³-hybridized carbons (Fsp3) is 0.333. The summed E-state index contributed by atoms with van der Waals surface area (Å²) in [6.45, 7) is 1.97. The molecule has 0 bridgehead atoms. The molecule has 108 valence electrons. The highest BCUT2D eigenvalue weighted by Gasteiger charge is 2.39. The number of rotatable bonds is 4. The lowest BCUT2D eigenvalue weighted by molar-refractivity contribution is -0.143. The summed E-state index contributed by atoms with van der Waals surface area (Å²) in [5.41, 5.74) is 4.27. The van der Waals surface area contributed by atoms with Crippen molar-refractivity contribution < 1.29 is 17.9 Å². The van der Waals surface area contributed by atoms with E-state index in [4.69, 9.17) is 10.5 Å². The Hall–Kier alpha value is -2.09. The zero-order valence-corrected chi connectivity index (χ0v) is 10.7. The van der Waals surface area contributed by atoms with E-state index in [2.05, 4.69) is 10.3 Å². The van der Waals surface area contributed by atoms with Gasteiger partial charge in [0.1, 0.15) is 11.4 Å². The fourth-order valence-electron chi connectivity index (χ4n) is 1.77. The Morgan fingerprint density at radius 1 is 1.25 bits per heavy atom. The molecule has 0 aliphatic heterocycles. The van der Waals surface area contributed by atoms with Gasteiger partial charge in [-0.2, -0.15) is 13.2 Å². The number of hydrogen-bond donors (Lipinski definition) is 1. The molecule has 2 N–H and O–H groups in total. The van der Waals surface area contributed by atoms with Crippen LogP contribution in [0.2, 0.25) is 0 Å². The lowest BCUT2D eigenvalue weighted by Crippen LogP contribution is -2.16. The van der Waals surface area contributed by atoms with Crippen LogP contribution in [0.5, 0.6) is 5.75 Å². The summed E-state index contributed by atoms with van der Waals surface area (Å²) in [6.07, 6.45) is -4.57. The zero-order chi connectivity index (χ0) is 14.8. The van der Waals surface area contributed by atoms with E-state index in [0.29, 0.717) is 12.4 Å². The van der Waals surface area contributed by atoms with Crippen LogP contribution in [-0.2, 0) is 12.7 Å². The Morgan fingerprint density at radius 2 is 1.90 bits per heavy atom. The van der Waals surface area contributed by atoms with Crippen molar-refractivity contribution in [3.63, 3.8) is 0 Å². The lowest BCUT2D eigenvalue weighted by Gasteiger charge is -2.11. The number of nitrogens with two attached hydrogens (primary N) is 1. The molecule has 0 aliphatic rings. The third kappa shape index (κ3) is 2.74. The molecule has 0 amide bonds. The van der Waals surface area contributed by atoms with E-state index >= 15 is 0 Å². The number of nitrogens with zero attached hydrogens (tertiary/aromatic N) is 3. The predicted octanol–water partition coefficient (Wildman–Crippen LogP) is 2.14. The normalized spacial score (nSPS) is 11.7. The van der Waals surface area contributed by atoms with E-state index in [-0.39, 0.29) is 17.9 Å². The molecule has 0 radical (unpaired) electrons. The molecule has 0 atom stereocenters. The Morgan fingerprint density at radius 3 is 2.40 bits per heavy atom. The molecular formula is C12H13F3N4O. The topological polar surface area (TPSA) is 66.0 Å². The van der Waals surface area contributed by atoms with Crippen LogP contribution in [-0.4, -0.2) is 21.6 Å². The fourth-order valence-corrected chi connectivity index (χ4v) is 1.77. The quantitative estimate of drug-likeness (QED) is 0.935. The SMILES string of the molecule is CCOc1ccc(-n2nnc(CN)c2C(F)(F)F)cc1. The molecule has 20 heavy (non-hydrogen) atoms. The van der Waals surface area contributed by atoms with Gasteiger partial charge in [-0.15, -0.1) is 5.10 Å². The first-order chi connectivity index (χ1) is 9.47. The number of hydrogen-bond acceptors (Lipinski definition) is 4. The predicted molar refractivity (Wildman–Crippen MR) is 65.4 cm³/mol. The molecule has 0 unspecified atom stereocenters. The van der Waals surface area contributed by atoms with Gasteiger partial charge in [0.2, 0.25) is 0 Å². The number of benzene rings is 1. The van der Waals surface area contributed by atoms with Crippen molar-refractivity contribution in [1.82, 2.24) is 15.0 Å². The second-order valence-electron chi connectivity index (χ2n) is 3.93. The van der Waals surface area contributed by atoms with Crippen LogP contribution in [0.15, 0.2) is 24.3 Å². The van der Waals surface area contributed by atoms with E-state index in [1.165, 1.54) is 12.1 Å². The molecule has 2 aromatic rings. The van der Waals surface area contributed by atoms with Crippen molar-refractivity contribution in [3.8, 4) is 11.4 Å². The van der Waals surface area contributed by atoms with Crippen LogP contribution in [0.1, 0.15) is 18.3 Å². The largest absolute Gasteiger partial charge is 0.494 e. The summed E-state index contributed by atoms with van der Waals surface area (Å²) < 4.78 is 45.1. The molecule has 0 saturated heterocycles. The number of alkyl halides is 3. The Labute approximate surface area is 113 Å². The Balaban J connectivity index is 2.45. The van der Waals surface area contributed by atoms with Crippen LogP contribution in [0, 0.1) is 0 Å². The molecule has 0 aliphatic carbocycles. The third-order valence-corrected chi connectivity index (χ3v) is 2.59. The molecule has 1 aromatic heterocycles. The second-order valence-corrected chi connectivity index (χ2v) is 3.93. The minimum absolute atomic E-state index is 0.243. The van der Waals surface area contributed by atoms with Crippen molar-refractivity contribution >= 4 is 0 Å². The van der Waals surface area contributed by atoms with Crippen LogP contribution in [0.4, 0.5) is 13.2 Å². The van der Waals surface area contributed by atoms with Gasteiger partial charge in [0.25, 0.3) is 0 Å². The first-order valence-corrected chi connectivity index (χ1v) is 5.92. The maximum Gasteiger partial charge on any atom is 0.435 e. The highest BCUT2D eigenvalue weighted by Crippen LogP contribution is 2.32. The van der Waals surface area contributed by atoms with Crippen LogP contribution >= 0.6 is 0 Å². The first-order valence-electron chi connectivity index (χ1n) is 5.92. The summed E-state index contributed by atoms with van der Waals surface area (Å²) in [5, 5.41) is 7.00. The van der Waals surface area contributed by atoms with Gasteiger partial charge in [-0.3, -0.25) is 0 Å². The average Bonchev–Trinajstić information content (AvgIpc) is 2.84. The van der Waals surface area contributed by atoms with Crippen LogP contribution in [0.25, 0.3) is 5.69 Å². The molecule has 1 heterocycles. The van der Waals surface area contributed by atoms with Crippen molar-refractivity contribution in [2.45, 2.75) is 19.6 Å². The summed E-state index contributed by atoms with van der Waals surface area (Å²) in [4.78, 5) is 0. The maximum absolute atomic E-state index is 13.0. The molecule has 0 fully saturated rings. The minimum atomic E-state index is -4.57. The number of halogens is 3. The van der Waals surface area contributed by atoms with Gasteiger partial charge in [0.05, 0.1) is 12.3 Å². The molecule has 0 spiro atoms. The molecule has 8 heteroatoms. The van der Waals surface area contributed by atoms with Gasteiger partial charge in [0, 0.05) is 6.54 Å². The van der Waals surface area contributed by atoms with E-state index in [9.17, 15) is 13.2 Å². The highest BCUT2D eigenvalue weighted by molar-refractivity contribution is 5.39. The Kier molecular flexibility index (Phi) is 3.93. The average molecular weight is 286 g/mol. The summed E-state index contributed by atoms with van der Waals surface area (Å²) in [5.74, 6) is 0.573. The van der Waals surface area contributed by atoms with Crippen molar-refractivity contribution in [1.29, 1.82) is 0 Å². The molecular weight excluding hydrogens is 273 g/mol. The van der Waals surface area contributed by atoms with Crippen molar-refractivity contribution in [2.75, 3.05) is 6.61 Å². The third-order valence-electron chi connectivity index (χ3n) is 2.59. The number of aromatic nitrogens is 3. The van der Waals surface area contributed by atoms with Crippen molar-refractivity contribution in [2.24, 2.45) is 5.73 Å². The number of ether oxygens (including phenoxy) is 1. The highest BCUT2D eigenvalue weighted by atomic mass is 19.4. The van der Waals surface area contributed by atoms with E-state index in [0.717, 1.165) is 4.68 Å². The van der Waals surface area contributed by atoms with Crippen LogP contribution in [0.3, 0.4) is 0 Å². The van der Waals surface area contributed by atoms with Gasteiger partial charge in [-0.05, 0) is 31.2 Å². The van der Waals surface area contributed by atoms with Gasteiger partial charge in [-0.25, -0.2) is 4.68 Å². The van der Waals surface area contributed by atoms with Gasteiger partial charge in [-0.1, -0.05) is 5.21 Å². The van der Waals surface area contributed by atoms with Crippen molar-refractivity contribution in [3.05, 3.63) is 35.7 Å².